The Hall–Kier alpha value is -2.04. The number of amides is 2. The monoisotopic (exact) mass is 278 g/mol. The molecule has 110 valence electrons. The molecule has 0 heterocycles. The van der Waals surface area contributed by atoms with Gasteiger partial charge in [-0.2, -0.15) is 0 Å². The van der Waals surface area contributed by atoms with Gasteiger partial charge >= 0.3 is 0 Å². The van der Waals surface area contributed by atoms with Crippen molar-refractivity contribution in [2.45, 2.75) is 27.2 Å². The lowest BCUT2D eigenvalue weighted by Gasteiger charge is -2.10. The molecule has 5 heteroatoms. The predicted molar refractivity (Wildman–Crippen MR) is 78.7 cm³/mol. The third-order valence-corrected chi connectivity index (χ3v) is 2.44. The number of benzene rings is 1. The van der Waals surface area contributed by atoms with Crippen LogP contribution in [-0.2, 0) is 9.59 Å². The van der Waals surface area contributed by atoms with Crippen molar-refractivity contribution in [3.63, 3.8) is 0 Å². The summed E-state index contributed by atoms with van der Waals surface area (Å²) in [5, 5.41) is 5.48. The molecule has 0 unspecified atom stereocenters. The second-order valence-corrected chi connectivity index (χ2v) is 5.01. The molecule has 0 fully saturated rings. The average molecular weight is 278 g/mol. The topological polar surface area (TPSA) is 67.4 Å². The van der Waals surface area contributed by atoms with Gasteiger partial charge in [0.25, 0.3) is 0 Å². The summed E-state index contributed by atoms with van der Waals surface area (Å²) < 4.78 is 5.52. The first-order valence-electron chi connectivity index (χ1n) is 6.74. The van der Waals surface area contributed by atoms with Crippen LogP contribution in [0.15, 0.2) is 24.3 Å². The van der Waals surface area contributed by atoms with Gasteiger partial charge in [-0.05, 0) is 18.1 Å². The molecule has 20 heavy (non-hydrogen) atoms. The summed E-state index contributed by atoms with van der Waals surface area (Å²) in [6.45, 7) is 6.33. The normalized spacial score (nSPS) is 10.2. The lowest BCUT2D eigenvalue weighted by Crippen LogP contribution is -2.28. The third kappa shape index (κ3) is 6.78. The van der Waals surface area contributed by atoms with Gasteiger partial charge in [0.05, 0.1) is 6.54 Å². The number of hydrogen-bond donors (Lipinski definition) is 2. The van der Waals surface area contributed by atoms with E-state index in [-0.39, 0.29) is 11.8 Å². The number of nitrogens with one attached hydrogen (secondary N) is 2. The van der Waals surface area contributed by atoms with Gasteiger partial charge in [0, 0.05) is 25.1 Å². The van der Waals surface area contributed by atoms with Crippen LogP contribution in [-0.4, -0.2) is 25.0 Å². The van der Waals surface area contributed by atoms with Crippen LogP contribution in [0.25, 0.3) is 0 Å². The molecule has 1 rings (SSSR count). The van der Waals surface area contributed by atoms with Gasteiger partial charge in [0.2, 0.25) is 11.8 Å². The number of ether oxygens (including phenoxy) is 1. The molecule has 0 aliphatic carbocycles. The number of anilines is 1. The van der Waals surface area contributed by atoms with E-state index in [4.69, 9.17) is 4.74 Å². The molecule has 0 aromatic heterocycles. The highest BCUT2D eigenvalue weighted by atomic mass is 16.5. The number of carbonyl (C=O) groups excluding carboxylic acids is 2. The van der Waals surface area contributed by atoms with Crippen molar-refractivity contribution < 1.29 is 14.3 Å². The largest absolute Gasteiger partial charge is 0.492 e. The van der Waals surface area contributed by atoms with Crippen LogP contribution in [0.1, 0.15) is 27.2 Å². The lowest BCUT2D eigenvalue weighted by atomic mass is 10.1. The average Bonchev–Trinajstić information content (AvgIpc) is 2.33. The van der Waals surface area contributed by atoms with E-state index in [0.717, 1.165) is 0 Å². The molecular weight excluding hydrogens is 256 g/mol. The molecule has 2 amide bonds. The smallest absolute Gasteiger partial charge is 0.221 e. The highest BCUT2D eigenvalue weighted by Gasteiger charge is 2.04. The fourth-order valence-electron chi connectivity index (χ4n) is 1.67. The zero-order chi connectivity index (χ0) is 15.0. The van der Waals surface area contributed by atoms with Crippen LogP contribution in [0.5, 0.6) is 5.75 Å². The van der Waals surface area contributed by atoms with E-state index < -0.39 is 0 Å². The lowest BCUT2D eigenvalue weighted by molar-refractivity contribution is -0.121. The Bertz CT molecular complexity index is 458. The molecule has 0 saturated carbocycles. The molecule has 0 atom stereocenters. The predicted octanol–water partition coefficient (Wildman–Crippen LogP) is 2.19. The van der Waals surface area contributed by atoms with Gasteiger partial charge in [-0.1, -0.05) is 19.9 Å². The van der Waals surface area contributed by atoms with Gasteiger partial charge in [0.1, 0.15) is 12.4 Å². The van der Waals surface area contributed by atoms with Crippen LogP contribution in [0.4, 0.5) is 5.69 Å². The van der Waals surface area contributed by atoms with Crippen molar-refractivity contribution in [3.8, 4) is 5.75 Å². The number of hydrogen-bond acceptors (Lipinski definition) is 3. The van der Waals surface area contributed by atoms with Crippen molar-refractivity contribution in [1.29, 1.82) is 0 Å². The van der Waals surface area contributed by atoms with E-state index in [2.05, 4.69) is 10.6 Å². The van der Waals surface area contributed by atoms with Gasteiger partial charge in [-0.3, -0.25) is 9.59 Å². The molecular formula is C15H22N2O3. The van der Waals surface area contributed by atoms with Crippen LogP contribution in [0.3, 0.4) is 0 Å². The quantitative estimate of drug-likeness (QED) is 0.751. The molecule has 2 N–H and O–H groups in total. The van der Waals surface area contributed by atoms with Gasteiger partial charge in [-0.15, -0.1) is 0 Å². The van der Waals surface area contributed by atoms with E-state index in [0.29, 0.717) is 36.9 Å². The molecule has 0 saturated heterocycles. The highest BCUT2D eigenvalue weighted by Crippen LogP contribution is 2.16. The maximum Gasteiger partial charge on any atom is 0.221 e. The SMILES string of the molecule is CC(=O)Nc1cccc(OCCNC(=O)CC(C)C)c1. The van der Waals surface area contributed by atoms with Crippen LogP contribution in [0, 0.1) is 5.92 Å². The fraction of sp³-hybridized carbons (Fsp3) is 0.467. The molecule has 0 aliphatic heterocycles. The first kappa shape index (κ1) is 16.0. The first-order chi connectivity index (χ1) is 9.47. The Balaban J connectivity index is 2.31. The van der Waals surface area contributed by atoms with Crippen molar-refractivity contribution in [1.82, 2.24) is 5.32 Å². The van der Waals surface area contributed by atoms with E-state index in [1.54, 1.807) is 24.3 Å². The summed E-state index contributed by atoms with van der Waals surface area (Å²) in [4.78, 5) is 22.4. The van der Waals surface area contributed by atoms with Crippen LogP contribution < -0.4 is 15.4 Å². The minimum absolute atomic E-state index is 0.0376. The second kappa shape index (κ2) is 8.19. The maximum absolute atomic E-state index is 11.4. The summed E-state index contributed by atoms with van der Waals surface area (Å²) in [6.07, 6.45) is 0.526. The Kier molecular flexibility index (Phi) is 6.56. The fourth-order valence-corrected chi connectivity index (χ4v) is 1.67. The summed E-state index contributed by atoms with van der Waals surface area (Å²) in [5.41, 5.74) is 0.693. The van der Waals surface area contributed by atoms with Gasteiger partial charge in [0.15, 0.2) is 0 Å². The standard InChI is InChI=1S/C15H22N2O3/c1-11(2)9-15(19)16-7-8-20-14-6-4-5-13(10-14)17-12(3)18/h4-6,10-11H,7-9H2,1-3H3,(H,16,19)(H,17,18). The summed E-state index contributed by atoms with van der Waals surface area (Å²) in [7, 11) is 0. The van der Waals surface area contributed by atoms with E-state index in [1.807, 2.05) is 13.8 Å². The van der Waals surface area contributed by atoms with Crippen molar-refractivity contribution in [3.05, 3.63) is 24.3 Å². The highest BCUT2D eigenvalue weighted by molar-refractivity contribution is 5.88. The summed E-state index contributed by atoms with van der Waals surface area (Å²) in [6, 6.07) is 7.15. The molecule has 0 spiro atoms. The molecule has 1 aromatic rings. The van der Waals surface area contributed by atoms with Gasteiger partial charge < -0.3 is 15.4 Å². The number of rotatable bonds is 7. The minimum atomic E-state index is -0.122. The van der Waals surface area contributed by atoms with Crippen molar-refractivity contribution >= 4 is 17.5 Å². The molecule has 1 aromatic carbocycles. The molecule has 0 radical (unpaired) electrons. The summed E-state index contributed by atoms with van der Waals surface area (Å²) >= 11 is 0. The third-order valence-electron chi connectivity index (χ3n) is 2.44. The first-order valence-corrected chi connectivity index (χ1v) is 6.74. The Morgan fingerprint density at radius 1 is 1.30 bits per heavy atom. The van der Waals surface area contributed by atoms with Crippen molar-refractivity contribution in [2.75, 3.05) is 18.5 Å². The molecule has 0 aliphatic rings. The summed E-state index contributed by atoms with van der Waals surface area (Å²) in [5.74, 6) is 0.929. The Morgan fingerprint density at radius 3 is 2.70 bits per heavy atom. The zero-order valence-electron chi connectivity index (χ0n) is 12.2. The second-order valence-electron chi connectivity index (χ2n) is 5.01. The van der Waals surface area contributed by atoms with Gasteiger partial charge in [-0.25, -0.2) is 0 Å². The maximum atomic E-state index is 11.4. The number of carbonyl (C=O) groups is 2. The van der Waals surface area contributed by atoms with Crippen LogP contribution in [0.2, 0.25) is 0 Å². The van der Waals surface area contributed by atoms with Crippen molar-refractivity contribution in [2.24, 2.45) is 5.92 Å². The van der Waals surface area contributed by atoms with E-state index >= 15 is 0 Å². The van der Waals surface area contributed by atoms with E-state index in [1.165, 1.54) is 6.92 Å². The Labute approximate surface area is 119 Å². The Morgan fingerprint density at radius 2 is 2.05 bits per heavy atom. The minimum Gasteiger partial charge on any atom is -0.492 e. The van der Waals surface area contributed by atoms with E-state index in [9.17, 15) is 9.59 Å². The molecule has 0 bridgehead atoms. The zero-order valence-corrected chi connectivity index (χ0v) is 12.2. The van der Waals surface area contributed by atoms with Crippen LogP contribution >= 0.6 is 0 Å². The molecule has 5 nitrogen and oxygen atoms in total.